The van der Waals surface area contributed by atoms with E-state index in [2.05, 4.69) is 0 Å². The molecule has 0 heterocycles. The van der Waals surface area contributed by atoms with Crippen LogP contribution in [0.5, 0.6) is 5.75 Å². The summed E-state index contributed by atoms with van der Waals surface area (Å²) < 4.78 is 5.80. The lowest BCUT2D eigenvalue weighted by atomic mass is 10.1. The van der Waals surface area contributed by atoms with Crippen LogP contribution in [0.1, 0.15) is 43.0 Å². The van der Waals surface area contributed by atoms with E-state index in [0.717, 1.165) is 18.6 Å². The summed E-state index contributed by atoms with van der Waals surface area (Å²) in [5, 5.41) is 0.475. The van der Waals surface area contributed by atoms with E-state index in [9.17, 15) is 4.79 Å². The van der Waals surface area contributed by atoms with Gasteiger partial charge in [-0.15, -0.1) is 0 Å². The quantitative estimate of drug-likeness (QED) is 0.748. The molecule has 1 aliphatic rings. The number of hydrogen-bond acceptors (Lipinski definition) is 2. The molecule has 1 saturated carbocycles. The van der Waals surface area contributed by atoms with E-state index in [0.29, 0.717) is 16.7 Å². The van der Waals surface area contributed by atoms with Crippen LogP contribution < -0.4 is 4.74 Å². The van der Waals surface area contributed by atoms with Crippen molar-refractivity contribution in [3.63, 3.8) is 0 Å². The number of halogens is 1. The predicted molar refractivity (Wildman–Crippen MR) is 64.3 cm³/mol. The van der Waals surface area contributed by atoms with Crippen LogP contribution in [-0.2, 0) is 0 Å². The van der Waals surface area contributed by atoms with Gasteiger partial charge in [-0.1, -0.05) is 11.6 Å². The molecule has 0 aromatic heterocycles. The molecule has 0 spiro atoms. The van der Waals surface area contributed by atoms with Gasteiger partial charge in [0.1, 0.15) is 5.75 Å². The van der Waals surface area contributed by atoms with E-state index in [1.54, 1.807) is 12.1 Å². The average molecular weight is 239 g/mol. The maximum Gasteiger partial charge on any atom is 0.161 e. The molecule has 0 aliphatic heterocycles. The van der Waals surface area contributed by atoms with Gasteiger partial charge in [0.05, 0.1) is 11.1 Å². The van der Waals surface area contributed by atoms with Crippen molar-refractivity contribution in [3.8, 4) is 5.75 Å². The molecule has 0 amide bonds. The van der Waals surface area contributed by atoms with E-state index in [-0.39, 0.29) is 5.78 Å². The van der Waals surface area contributed by atoms with Gasteiger partial charge in [-0.25, -0.2) is 0 Å². The Bertz CT molecular complexity index is 395. The second-order valence-corrected chi connectivity index (χ2v) is 4.63. The first-order chi connectivity index (χ1) is 7.66. The van der Waals surface area contributed by atoms with Crippen molar-refractivity contribution in [2.24, 2.45) is 0 Å². The lowest BCUT2D eigenvalue weighted by molar-refractivity contribution is 0.101. The van der Waals surface area contributed by atoms with E-state index < -0.39 is 0 Å². The summed E-state index contributed by atoms with van der Waals surface area (Å²) in [6, 6.07) is 5.28. The Kier molecular flexibility index (Phi) is 3.49. The minimum atomic E-state index is -0.0163. The molecule has 86 valence electrons. The number of hydrogen-bond donors (Lipinski definition) is 0. The van der Waals surface area contributed by atoms with Crippen LogP contribution >= 0.6 is 11.6 Å². The fourth-order valence-electron chi connectivity index (χ4n) is 2.05. The monoisotopic (exact) mass is 238 g/mol. The fourth-order valence-corrected chi connectivity index (χ4v) is 2.36. The zero-order valence-electron chi connectivity index (χ0n) is 9.33. The first-order valence-electron chi connectivity index (χ1n) is 5.64. The van der Waals surface area contributed by atoms with Gasteiger partial charge >= 0.3 is 0 Å². The predicted octanol–water partition coefficient (Wildman–Crippen LogP) is 3.86. The number of Topliss-reactive ketones (excluding diaryl/α,β-unsaturated/α-hetero) is 1. The number of carbonyl (C=O) groups is 1. The average Bonchev–Trinajstić information content (AvgIpc) is 2.70. The molecule has 0 saturated heterocycles. The Labute approximate surface area is 101 Å². The minimum Gasteiger partial charge on any atom is -0.490 e. The zero-order chi connectivity index (χ0) is 11.5. The van der Waals surface area contributed by atoms with E-state index in [1.807, 2.05) is 6.07 Å². The molecule has 2 rings (SSSR count). The lowest BCUT2D eigenvalue weighted by Crippen LogP contribution is -2.10. The normalized spacial score (nSPS) is 16.4. The third-order valence-electron chi connectivity index (χ3n) is 2.92. The van der Waals surface area contributed by atoms with Crippen molar-refractivity contribution in [3.05, 3.63) is 28.8 Å². The Morgan fingerprint density at radius 2 is 2.06 bits per heavy atom. The summed E-state index contributed by atoms with van der Waals surface area (Å²) in [4.78, 5) is 11.2. The molecule has 1 aromatic carbocycles. The Morgan fingerprint density at radius 3 is 2.62 bits per heavy atom. The lowest BCUT2D eigenvalue weighted by Gasteiger charge is -2.13. The third kappa shape index (κ3) is 2.56. The Hall–Kier alpha value is -1.02. The van der Waals surface area contributed by atoms with Crippen molar-refractivity contribution >= 4 is 17.4 Å². The highest BCUT2D eigenvalue weighted by molar-refractivity contribution is 6.34. The highest BCUT2D eigenvalue weighted by Gasteiger charge is 2.17. The summed E-state index contributed by atoms with van der Waals surface area (Å²) >= 11 is 6.01. The second-order valence-electron chi connectivity index (χ2n) is 4.22. The van der Waals surface area contributed by atoms with Gasteiger partial charge in [-0.2, -0.15) is 0 Å². The summed E-state index contributed by atoms with van der Waals surface area (Å²) in [6.07, 6.45) is 5.03. The standard InChI is InChI=1S/C13H15ClO2/c1-9(15)12-7-6-11(8-13(12)14)16-10-4-2-3-5-10/h6-8,10H,2-5H2,1H3. The van der Waals surface area contributed by atoms with Crippen molar-refractivity contribution in [2.45, 2.75) is 38.7 Å². The van der Waals surface area contributed by atoms with E-state index in [4.69, 9.17) is 16.3 Å². The maximum atomic E-state index is 11.2. The summed E-state index contributed by atoms with van der Waals surface area (Å²) in [5.74, 6) is 0.749. The van der Waals surface area contributed by atoms with Crippen LogP contribution in [0.2, 0.25) is 5.02 Å². The van der Waals surface area contributed by atoms with Crippen molar-refractivity contribution in [1.82, 2.24) is 0 Å². The number of rotatable bonds is 3. The van der Waals surface area contributed by atoms with Gasteiger partial charge in [-0.3, -0.25) is 4.79 Å². The summed E-state index contributed by atoms with van der Waals surface area (Å²) in [7, 11) is 0. The fraction of sp³-hybridized carbons (Fsp3) is 0.462. The molecule has 16 heavy (non-hydrogen) atoms. The van der Waals surface area contributed by atoms with Crippen LogP contribution in [0.15, 0.2) is 18.2 Å². The first kappa shape index (κ1) is 11.5. The zero-order valence-corrected chi connectivity index (χ0v) is 10.1. The molecular formula is C13H15ClO2. The largest absolute Gasteiger partial charge is 0.490 e. The van der Waals surface area contributed by atoms with Crippen LogP contribution in [0.4, 0.5) is 0 Å². The SMILES string of the molecule is CC(=O)c1ccc(OC2CCCC2)cc1Cl. The number of ketones is 1. The van der Waals surface area contributed by atoms with Gasteiger partial charge in [0.15, 0.2) is 5.78 Å². The van der Waals surface area contributed by atoms with E-state index >= 15 is 0 Å². The first-order valence-corrected chi connectivity index (χ1v) is 6.02. The number of ether oxygens (including phenoxy) is 1. The Balaban J connectivity index is 2.11. The highest BCUT2D eigenvalue weighted by Crippen LogP contribution is 2.27. The molecule has 0 atom stereocenters. The number of carbonyl (C=O) groups excluding carboxylic acids is 1. The molecule has 1 aromatic rings. The Morgan fingerprint density at radius 1 is 1.38 bits per heavy atom. The van der Waals surface area contributed by atoms with Crippen molar-refractivity contribution in [2.75, 3.05) is 0 Å². The molecule has 2 nitrogen and oxygen atoms in total. The van der Waals surface area contributed by atoms with Gasteiger partial charge in [-0.05, 0) is 50.8 Å². The summed E-state index contributed by atoms with van der Waals surface area (Å²) in [6.45, 7) is 1.51. The molecule has 1 fully saturated rings. The highest BCUT2D eigenvalue weighted by atomic mass is 35.5. The van der Waals surface area contributed by atoms with Gasteiger partial charge < -0.3 is 4.74 Å². The molecule has 0 unspecified atom stereocenters. The van der Waals surface area contributed by atoms with Crippen LogP contribution in [0.3, 0.4) is 0 Å². The topological polar surface area (TPSA) is 26.3 Å². The molecule has 0 radical (unpaired) electrons. The molecule has 0 bridgehead atoms. The molecular weight excluding hydrogens is 224 g/mol. The maximum absolute atomic E-state index is 11.2. The molecule has 3 heteroatoms. The minimum absolute atomic E-state index is 0.0163. The smallest absolute Gasteiger partial charge is 0.161 e. The number of benzene rings is 1. The second kappa shape index (κ2) is 4.88. The van der Waals surface area contributed by atoms with Crippen LogP contribution in [0, 0.1) is 0 Å². The van der Waals surface area contributed by atoms with E-state index in [1.165, 1.54) is 19.8 Å². The van der Waals surface area contributed by atoms with Crippen LogP contribution in [0.25, 0.3) is 0 Å². The van der Waals surface area contributed by atoms with Gasteiger partial charge in [0.2, 0.25) is 0 Å². The third-order valence-corrected chi connectivity index (χ3v) is 3.24. The van der Waals surface area contributed by atoms with Gasteiger partial charge in [0.25, 0.3) is 0 Å². The van der Waals surface area contributed by atoms with Crippen molar-refractivity contribution in [1.29, 1.82) is 0 Å². The molecule has 1 aliphatic carbocycles. The summed E-state index contributed by atoms with van der Waals surface area (Å²) in [5.41, 5.74) is 0.556. The van der Waals surface area contributed by atoms with Gasteiger partial charge in [0, 0.05) is 5.56 Å². The molecule has 0 N–H and O–H groups in total. The van der Waals surface area contributed by atoms with Crippen molar-refractivity contribution < 1.29 is 9.53 Å². The van der Waals surface area contributed by atoms with Crippen LogP contribution in [-0.4, -0.2) is 11.9 Å².